The summed E-state index contributed by atoms with van der Waals surface area (Å²) in [6.45, 7) is 2.19. The highest BCUT2D eigenvalue weighted by molar-refractivity contribution is 4.48. The van der Waals surface area contributed by atoms with E-state index >= 15 is 0 Å². The molecule has 0 amide bonds. The molecule has 0 spiro atoms. The fourth-order valence-corrected chi connectivity index (χ4v) is 2.14. The number of hydrogen-bond acceptors (Lipinski definition) is 2. The van der Waals surface area contributed by atoms with Crippen LogP contribution in [-0.4, -0.2) is 44.2 Å². The van der Waals surface area contributed by atoms with E-state index in [1.807, 2.05) is 0 Å². The van der Waals surface area contributed by atoms with Gasteiger partial charge in [-0.1, -0.05) is 44.9 Å². The molecular formula is C15H40N3O+. The average molecular weight is 279 g/mol. The lowest BCUT2D eigenvalue weighted by molar-refractivity contribution is -0.870. The van der Waals surface area contributed by atoms with Crippen LogP contribution < -0.4 is 11.9 Å². The molecule has 0 atom stereocenters. The van der Waals surface area contributed by atoms with Gasteiger partial charge in [0.15, 0.2) is 0 Å². The van der Waals surface area contributed by atoms with Crippen molar-refractivity contribution < 1.29 is 9.96 Å². The van der Waals surface area contributed by atoms with Gasteiger partial charge in [-0.25, -0.2) is 0 Å². The van der Waals surface area contributed by atoms with E-state index in [-0.39, 0.29) is 11.6 Å². The van der Waals surface area contributed by atoms with Crippen molar-refractivity contribution in [1.82, 2.24) is 6.15 Å². The summed E-state index contributed by atoms with van der Waals surface area (Å²) in [5.74, 6) is 0. The molecule has 0 heterocycles. The molecule has 0 aromatic carbocycles. The van der Waals surface area contributed by atoms with Crippen LogP contribution in [0.3, 0.4) is 0 Å². The van der Waals surface area contributed by atoms with Gasteiger partial charge >= 0.3 is 0 Å². The Kier molecular flexibility index (Phi) is 20.0. The van der Waals surface area contributed by atoms with E-state index in [4.69, 9.17) is 5.73 Å². The number of unbranched alkanes of at least 4 members (excludes halogenated alkanes) is 9. The molecule has 0 fully saturated rings. The molecule has 120 valence electrons. The highest BCUT2D eigenvalue weighted by Crippen LogP contribution is 2.10. The lowest BCUT2D eigenvalue weighted by atomic mass is 10.1. The Labute approximate surface area is 121 Å². The second kappa shape index (κ2) is 15.9. The summed E-state index contributed by atoms with van der Waals surface area (Å²) in [6.07, 6.45) is 13.9. The maximum absolute atomic E-state index is 5.47. The Hall–Kier alpha value is -0.160. The number of rotatable bonds is 12. The number of quaternary nitrogens is 1. The molecule has 4 nitrogen and oxygen atoms in total. The van der Waals surface area contributed by atoms with Crippen LogP contribution in [0.15, 0.2) is 0 Å². The van der Waals surface area contributed by atoms with Crippen LogP contribution in [0, 0.1) is 0 Å². The second-order valence-corrected chi connectivity index (χ2v) is 6.34. The van der Waals surface area contributed by atoms with Crippen LogP contribution in [-0.2, 0) is 0 Å². The molecule has 0 saturated heterocycles. The number of nitrogens with two attached hydrogens (primary N) is 1. The minimum Gasteiger partial charge on any atom is -0.412 e. The van der Waals surface area contributed by atoms with Crippen molar-refractivity contribution in [3.05, 3.63) is 0 Å². The molecule has 19 heavy (non-hydrogen) atoms. The molecule has 7 N–H and O–H groups in total. The molecule has 0 aliphatic rings. The predicted octanol–water partition coefficient (Wildman–Crippen LogP) is 2.89. The molecule has 0 unspecified atom stereocenters. The average Bonchev–Trinajstić information content (AvgIpc) is 2.24. The molecule has 0 aliphatic carbocycles. The van der Waals surface area contributed by atoms with Gasteiger partial charge in [-0.15, -0.1) is 0 Å². The van der Waals surface area contributed by atoms with E-state index in [9.17, 15) is 0 Å². The van der Waals surface area contributed by atoms with Gasteiger partial charge in [0.05, 0.1) is 27.7 Å². The normalized spacial score (nSPS) is 10.7. The van der Waals surface area contributed by atoms with Crippen LogP contribution in [0.4, 0.5) is 0 Å². The van der Waals surface area contributed by atoms with Crippen LogP contribution in [0.25, 0.3) is 0 Å². The predicted molar refractivity (Wildman–Crippen MR) is 86.8 cm³/mol. The van der Waals surface area contributed by atoms with E-state index in [0.717, 1.165) is 11.0 Å². The summed E-state index contributed by atoms with van der Waals surface area (Å²) in [4.78, 5) is 0. The first-order valence-corrected chi connectivity index (χ1v) is 7.57. The topological polar surface area (TPSA) is 92.5 Å². The van der Waals surface area contributed by atoms with Gasteiger partial charge in [0.2, 0.25) is 0 Å². The zero-order valence-corrected chi connectivity index (χ0v) is 13.7. The van der Waals surface area contributed by atoms with Crippen LogP contribution in [0.5, 0.6) is 0 Å². The highest BCUT2D eigenvalue weighted by Gasteiger charge is 2.04. The summed E-state index contributed by atoms with van der Waals surface area (Å²) in [6, 6.07) is 0. The molecule has 0 radical (unpaired) electrons. The van der Waals surface area contributed by atoms with Gasteiger partial charge < -0.3 is 21.8 Å². The fourth-order valence-electron chi connectivity index (χ4n) is 2.14. The monoisotopic (exact) mass is 278 g/mol. The van der Waals surface area contributed by atoms with Crippen molar-refractivity contribution in [2.45, 2.75) is 64.2 Å². The minimum atomic E-state index is 0. The van der Waals surface area contributed by atoms with E-state index in [2.05, 4.69) is 21.1 Å². The molecular weight excluding hydrogens is 238 g/mol. The number of hydrogen-bond donors (Lipinski definition) is 2. The highest BCUT2D eigenvalue weighted by atomic mass is 16.0. The molecule has 0 saturated carbocycles. The quantitative estimate of drug-likeness (QED) is 0.424. The van der Waals surface area contributed by atoms with E-state index < -0.39 is 0 Å². The van der Waals surface area contributed by atoms with E-state index in [1.54, 1.807) is 0 Å². The summed E-state index contributed by atoms with van der Waals surface area (Å²) in [5, 5.41) is 0. The standard InChI is InChI=1S/C15H35N2.H3N.H2O/c1-17(2,3)15-13-11-9-7-5-4-6-8-10-12-14-16;;/h4-16H2,1-3H3;1H3;1H2/q+1;;. The Morgan fingerprint density at radius 1 is 0.632 bits per heavy atom. The zero-order chi connectivity index (χ0) is 13.0. The van der Waals surface area contributed by atoms with Gasteiger partial charge in [-0.3, -0.25) is 0 Å². The first-order valence-electron chi connectivity index (χ1n) is 7.57. The maximum atomic E-state index is 5.47. The van der Waals surface area contributed by atoms with Gasteiger partial charge in [0, 0.05) is 0 Å². The molecule has 4 heteroatoms. The van der Waals surface area contributed by atoms with Crippen molar-refractivity contribution in [3.63, 3.8) is 0 Å². The SMILES string of the molecule is C[N+](C)(C)CCCCCCCCCCCCN.N.O. The molecule has 0 aliphatic heterocycles. The van der Waals surface area contributed by atoms with Crippen molar-refractivity contribution in [1.29, 1.82) is 0 Å². The third-order valence-corrected chi connectivity index (χ3v) is 3.28. The van der Waals surface area contributed by atoms with Crippen molar-refractivity contribution >= 4 is 0 Å². The van der Waals surface area contributed by atoms with Crippen molar-refractivity contribution in [2.75, 3.05) is 34.2 Å². The Balaban J connectivity index is -0.00000128. The third kappa shape index (κ3) is 23.4. The van der Waals surface area contributed by atoms with Crippen LogP contribution in [0.2, 0.25) is 0 Å². The van der Waals surface area contributed by atoms with Gasteiger partial charge in [-0.05, 0) is 25.8 Å². The zero-order valence-electron chi connectivity index (χ0n) is 13.7. The smallest absolute Gasteiger partial charge is 0.0780 e. The minimum absolute atomic E-state index is 0. The molecule has 0 bridgehead atoms. The molecule has 0 rings (SSSR count). The Morgan fingerprint density at radius 3 is 1.26 bits per heavy atom. The first-order chi connectivity index (χ1) is 8.06. The lowest BCUT2D eigenvalue weighted by Gasteiger charge is -2.23. The fraction of sp³-hybridized carbons (Fsp3) is 1.00. The summed E-state index contributed by atoms with van der Waals surface area (Å²) >= 11 is 0. The number of nitrogens with zero attached hydrogens (tertiary/aromatic N) is 1. The lowest BCUT2D eigenvalue weighted by Crippen LogP contribution is -2.35. The summed E-state index contributed by atoms with van der Waals surface area (Å²) in [7, 11) is 6.84. The van der Waals surface area contributed by atoms with Crippen LogP contribution >= 0.6 is 0 Å². The first kappa shape index (κ1) is 23.9. The second-order valence-electron chi connectivity index (χ2n) is 6.34. The van der Waals surface area contributed by atoms with Crippen LogP contribution in [0.1, 0.15) is 64.2 Å². The summed E-state index contributed by atoms with van der Waals surface area (Å²) < 4.78 is 1.11. The largest absolute Gasteiger partial charge is 0.412 e. The van der Waals surface area contributed by atoms with Gasteiger partial charge in [0.1, 0.15) is 0 Å². The Bertz CT molecular complexity index is 158. The summed E-state index contributed by atoms with van der Waals surface area (Å²) in [5.41, 5.74) is 5.47. The Morgan fingerprint density at radius 2 is 0.947 bits per heavy atom. The van der Waals surface area contributed by atoms with E-state index in [0.29, 0.717) is 0 Å². The van der Waals surface area contributed by atoms with Crippen molar-refractivity contribution in [2.24, 2.45) is 5.73 Å². The third-order valence-electron chi connectivity index (χ3n) is 3.28. The van der Waals surface area contributed by atoms with Gasteiger partial charge in [-0.2, -0.15) is 0 Å². The van der Waals surface area contributed by atoms with E-state index in [1.165, 1.54) is 70.8 Å². The molecule has 0 aromatic heterocycles. The molecule has 0 aromatic rings. The van der Waals surface area contributed by atoms with Crippen molar-refractivity contribution in [3.8, 4) is 0 Å². The maximum Gasteiger partial charge on any atom is 0.0780 e. The van der Waals surface area contributed by atoms with Gasteiger partial charge in [0.25, 0.3) is 0 Å².